The predicted octanol–water partition coefficient (Wildman–Crippen LogP) is 2.48. The molecule has 0 fully saturated rings. The van der Waals surface area contributed by atoms with Crippen molar-refractivity contribution in [3.05, 3.63) is 48.0 Å². The summed E-state index contributed by atoms with van der Waals surface area (Å²) in [6.45, 7) is 5.67. The number of ether oxygens (including phenoxy) is 3. The summed E-state index contributed by atoms with van der Waals surface area (Å²) in [7, 11) is 1.57. The highest BCUT2D eigenvalue weighted by atomic mass is 16.5. The van der Waals surface area contributed by atoms with Crippen LogP contribution in [0.4, 0.5) is 5.69 Å². The summed E-state index contributed by atoms with van der Waals surface area (Å²) in [5.41, 5.74) is 3.40. The number of hydrogen-bond donors (Lipinski definition) is 3. The minimum Gasteiger partial charge on any atom is -0.497 e. The maximum atomic E-state index is 12.2. The van der Waals surface area contributed by atoms with Crippen molar-refractivity contribution in [1.82, 2.24) is 10.7 Å². The van der Waals surface area contributed by atoms with Crippen LogP contribution < -0.4 is 30.3 Å². The van der Waals surface area contributed by atoms with E-state index in [4.69, 9.17) is 14.2 Å². The third-order valence-corrected chi connectivity index (χ3v) is 4.58. The molecule has 0 aliphatic rings. The SMILES string of the molecule is CCOc1cc(/C=N\NC(=O)C(=O)N[C@H](C)CC)ccc1OCC(=O)Nc1ccc(OC)cc1. The van der Waals surface area contributed by atoms with Gasteiger partial charge in [0.1, 0.15) is 5.75 Å². The molecule has 2 aromatic rings. The Labute approximate surface area is 198 Å². The monoisotopic (exact) mass is 470 g/mol. The Morgan fingerprint density at radius 2 is 1.74 bits per heavy atom. The molecule has 0 bridgehead atoms. The maximum absolute atomic E-state index is 12.2. The predicted molar refractivity (Wildman–Crippen MR) is 128 cm³/mol. The zero-order valence-corrected chi connectivity index (χ0v) is 19.7. The van der Waals surface area contributed by atoms with E-state index in [-0.39, 0.29) is 18.6 Å². The molecule has 3 amide bonds. The second-order valence-electron chi connectivity index (χ2n) is 7.19. The van der Waals surface area contributed by atoms with Crippen LogP contribution in [0.25, 0.3) is 0 Å². The normalized spacial score (nSPS) is 11.4. The number of anilines is 1. The molecule has 0 unspecified atom stereocenters. The van der Waals surface area contributed by atoms with Gasteiger partial charge in [-0.15, -0.1) is 0 Å². The molecular weight excluding hydrogens is 440 g/mol. The van der Waals surface area contributed by atoms with Crippen LogP contribution in [-0.4, -0.2) is 50.3 Å². The first-order valence-corrected chi connectivity index (χ1v) is 10.8. The van der Waals surface area contributed by atoms with E-state index in [1.165, 1.54) is 6.21 Å². The van der Waals surface area contributed by atoms with E-state index in [2.05, 4.69) is 21.2 Å². The van der Waals surface area contributed by atoms with Crippen molar-refractivity contribution in [3.8, 4) is 17.2 Å². The zero-order valence-electron chi connectivity index (χ0n) is 19.7. The summed E-state index contributed by atoms with van der Waals surface area (Å²) < 4.78 is 16.3. The molecule has 10 heteroatoms. The molecule has 1 atom stereocenters. The van der Waals surface area contributed by atoms with Gasteiger partial charge in [0.25, 0.3) is 5.91 Å². The van der Waals surface area contributed by atoms with Crippen molar-refractivity contribution in [2.45, 2.75) is 33.2 Å². The van der Waals surface area contributed by atoms with Gasteiger partial charge < -0.3 is 24.8 Å². The number of rotatable bonds is 11. The number of carbonyl (C=O) groups is 3. The largest absolute Gasteiger partial charge is 0.497 e. The van der Waals surface area contributed by atoms with E-state index in [9.17, 15) is 14.4 Å². The van der Waals surface area contributed by atoms with Gasteiger partial charge in [-0.3, -0.25) is 14.4 Å². The number of methoxy groups -OCH3 is 1. The van der Waals surface area contributed by atoms with E-state index in [0.29, 0.717) is 41.5 Å². The van der Waals surface area contributed by atoms with Gasteiger partial charge in [-0.1, -0.05) is 6.92 Å². The van der Waals surface area contributed by atoms with Gasteiger partial charge in [0.2, 0.25) is 0 Å². The third-order valence-electron chi connectivity index (χ3n) is 4.58. The molecule has 10 nitrogen and oxygen atoms in total. The van der Waals surface area contributed by atoms with Crippen molar-refractivity contribution in [2.24, 2.45) is 5.10 Å². The summed E-state index contributed by atoms with van der Waals surface area (Å²) in [4.78, 5) is 35.8. The van der Waals surface area contributed by atoms with E-state index in [1.807, 2.05) is 13.8 Å². The number of nitrogens with zero attached hydrogens (tertiary/aromatic N) is 1. The fraction of sp³-hybridized carbons (Fsp3) is 0.333. The molecule has 0 aliphatic carbocycles. The molecule has 0 aromatic heterocycles. The molecule has 2 aromatic carbocycles. The number of carbonyl (C=O) groups excluding carboxylic acids is 3. The van der Waals surface area contributed by atoms with Gasteiger partial charge in [0.15, 0.2) is 18.1 Å². The molecule has 0 saturated heterocycles. The summed E-state index contributed by atoms with van der Waals surface area (Å²) in [5.74, 6) is -0.474. The van der Waals surface area contributed by atoms with Gasteiger partial charge in [-0.05, 0) is 68.3 Å². The van der Waals surface area contributed by atoms with Crippen molar-refractivity contribution in [1.29, 1.82) is 0 Å². The highest BCUT2D eigenvalue weighted by Gasteiger charge is 2.14. The standard InChI is InChI=1S/C24H30N4O6/c1-5-16(3)26-23(30)24(31)28-25-14-17-7-12-20(21(13-17)33-6-2)34-15-22(29)27-18-8-10-19(32-4)11-9-18/h7-14,16H,5-6,15H2,1-4H3,(H,26,30)(H,27,29)(H,28,31)/b25-14-/t16-/m1/s1. The summed E-state index contributed by atoms with van der Waals surface area (Å²) in [5, 5.41) is 9.10. The number of hydrazone groups is 1. The lowest BCUT2D eigenvalue weighted by atomic mass is 10.2. The Hall–Kier alpha value is -4.08. The second-order valence-corrected chi connectivity index (χ2v) is 7.19. The van der Waals surface area contributed by atoms with Gasteiger partial charge in [0.05, 0.1) is 19.9 Å². The van der Waals surface area contributed by atoms with Crippen molar-refractivity contribution in [3.63, 3.8) is 0 Å². The lowest BCUT2D eigenvalue weighted by Gasteiger charge is -2.13. The van der Waals surface area contributed by atoms with Gasteiger partial charge in [0, 0.05) is 11.7 Å². The van der Waals surface area contributed by atoms with E-state index in [1.54, 1.807) is 56.5 Å². The summed E-state index contributed by atoms with van der Waals surface area (Å²) in [6.07, 6.45) is 2.08. The molecule has 0 heterocycles. The number of amides is 3. The molecule has 0 saturated carbocycles. The van der Waals surface area contributed by atoms with Crippen LogP contribution in [0.1, 0.15) is 32.8 Å². The fourth-order valence-corrected chi connectivity index (χ4v) is 2.61. The molecular formula is C24H30N4O6. The maximum Gasteiger partial charge on any atom is 0.329 e. The highest BCUT2D eigenvalue weighted by molar-refractivity contribution is 6.35. The van der Waals surface area contributed by atoms with Crippen molar-refractivity contribution >= 4 is 29.6 Å². The Morgan fingerprint density at radius 1 is 1.00 bits per heavy atom. The van der Waals surface area contributed by atoms with Crippen LogP contribution in [0.15, 0.2) is 47.6 Å². The molecule has 0 aliphatic heterocycles. The fourth-order valence-electron chi connectivity index (χ4n) is 2.61. The van der Waals surface area contributed by atoms with Crippen LogP contribution in [-0.2, 0) is 14.4 Å². The van der Waals surface area contributed by atoms with Crippen LogP contribution in [0.2, 0.25) is 0 Å². The van der Waals surface area contributed by atoms with E-state index in [0.717, 1.165) is 0 Å². The topological polar surface area (TPSA) is 127 Å². The lowest BCUT2D eigenvalue weighted by molar-refractivity contribution is -0.139. The first-order valence-electron chi connectivity index (χ1n) is 10.8. The number of hydrogen-bond acceptors (Lipinski definition) is 7. The summed E-state index contributed by atoms with van der Waals surface area (Å²) in [6, 6.07) is 11.8. The average molecular weight is 471 g/mol. The number of nitrogens with one attached hydrogen (secondary N) is 3. The first kappa shape index (κ1) is 26.2. The van der Waals surface area contributed by atoms with Crippen LogP contribution in [0.5, 0.6) is 17.2 Å². The molecule has 3 N–H and O–H groups in total. The van der Waals surface area contributed by atoms with E-state index < -0.39 is 11.8 Å². The van der Waals surface area contributed by atoms with Gasteiger partial charge in [-0.25, -0.2) is 5.43 Å². The minimum atomic E-state index is -0.857. The smallest absolute Gasteiger partial charge is 0.329 e. The van der Waals surface area contributed by atoms with Gasteiger partial charge in [-0.2, -0.15) is 5.10 Å². The molecule has 2 rings (SSSR count). The van der Waals surface area contributed by atoms with Crippen molar-refractivity contribution < 1.29 is 28.6 Å². The minimum absolute atomic E-state index is 0.109. The number of benzene rings is 2. The Morgan fingerprint density at radius 3 is 2.38 bits per heavy atom. The second kappa shape index (κ2) is 13.5. The van der Waals surface area contributed by atoms with Crippen molar-refractivity contribution in [2.75, 3.05) is 25.6 Å². The Kier molecular flexibility index (Phi) is 10.4. The van der Waals surface area contributed by atoms with Gasteiger partial charge >= 0.3 is 11.8 Å². The van der Waals surface area contributed by atoms with Crippen LogP contribution >= 0.6 is 0 Å². The highest BCUT2D eigenvalue weighted by Crippen LogP contribution is 2.28. The Bertz CT molecular complexity index is 1010. The summed E-state index contributed by atoms with van der Waals surface area (Å²) >= 11 is 0. The van der Waals surface area contributed by atoms with E-state index >= 15 is 0 Å². The quantitative estimate of drug-likeness (QED) is 0.263. The molecule has 34 heavy (non-hydrogen) atoms. The molecule has 0 radical (unpaired) electrons. The van der Waals surface area contributed by atoms with Crippen LogP contribution in [0, 0.1) is 0 Å². The first-order chi connectivity index (χ1) is 16.4. The molecule has 182 valence electrons. The average Bonchev–Trinajstić information content (AvgIpc) is 2.84. The third kappa shape index (κ3) is 8.45. The lowest BCUT2D eigenvalue weighted by Crippen LogP contribution is -2.41. The Balaban J connectivity index is 1.94. The zero-order chi connectivity index (χ0) is 24.9. The molecule has 0 spiro atoms. The van der Waals surface area contributed by atoms with Crippen LogP contribution in [0.3, 0.4) is 0 Å².